The highest BCUT2D eigenvalue weighted by Crippen LogP contribution is 2.34. The zero-order valence-electron chi connectivity index (χ0n) is 15.1. The molecule has 0 aromatic carbocycles. The van der Waals surface area contributed by atoms with Crippen LogP contribution in [-0.2, 0) is 16.0 Å². The Morgan fingerprint density at radius 3 is 2.92 bits per heavy atom. The molecule has 1 saturated heterocycles. The molecule has 2 aromatic heterocycles. The Morgan fingerprint density at radius 2 is 2.24 bits per heavy atom. The van der Waals surface area contributed by atoms with E-state index in [0.29, 0.717) is 19.2 Å². The first-order valence-corrected chi connectivity index (χ1v) is 8.89. The standard InChI is InChI=1S/C19H26N4O2/c1-13(2)23-12-16(11-22-23)18-17(7-9-25-18)19(24)20-8-6-15-5-4-14(3)21-10-15/h4-5,10-13,17-18H,6-9H2,1-3H3,(H,20,24)/t17-,18+/m0/s1. The quantitative estimate of drug-likeness (QED) is 0.876. The summed E-state index contributed by atoms with van der Waals surface area (Å²) in [7, 11) is 0. The predicted octanol–water partition coefficient (Wildman–Crippen LogP) is 2.60. The molecule has 0 unspecified atom stereocenters. The minimum atomic E-state index is -0.200. The number of aromatic nitrogens is 3. The summed E-state index contributed by atoms with van der Waals surface area (Å²) in [5.41, 5.74) is 3.11. The van der Waals surface area contributed by atoms with E-state index in [0.717, 1.165) is 29.7 Å². The first kappa shape index (κ1) is 17.6. The van der Waals surface area contributed by atoms with Gasteiger partial charge in [-0.15, -0.1) is 0 Å². The summed E-state index contributed by atoms with van der Waals surface area (Å²) in [6, 6.07) is 4.34. The number of amides is 1. The van der Waals surface area contributed by atoms with E-state index in [-0.39, 0.29) is 17.9 Å². The minimum absolute atomic E-state index is 0.0554. The van der Waals surface area contributed by atoms with E-state index in [1.165, 1.54) is 0 Å². The second-order valence-electron chi connectivity index (χ2n) is 6.88. The van der Waals surface area contributed by atoms with Crippen molar-refractivity contribution in [1.82, 2.24) is 20.1 Å². The second-order valence-corrected chi connectivity index (χ2v) is 6.88. The van der Waals surface area contributed by atoms with Crippen LogP contribution in [0.3, 0.4) is 0 Å². The fourth-order valence-corrected chi connectivity index (χ4v) is 3.08. The SMILES string of the molecule is Cc1ccc(CCNC(=O)[C@H]2CCO[C@@H]2c2cnn(C(C)C)c2)cn1. The number of hydrogen-bond donors (Lipinski definition) is 1. The van der Waals surface area contributed by atoms with Gasteiger partial charge >= 0.3 is 0 Å². The van der Waals surface area contributed by atoms with Crippen molar-refractivity contribution in [2.45, 2.75) is 45.8 Å². The molecule has 2 aromatic rings. The van der Waals surface area contributed by atoms with Crippen LogP contribution in [-0.4, -0.2) is 33.8 Å². The average Bonchev–Trinajstić information content (AvgIpc) is 3.25. The van der Waals surface area contributed by atoms with Gasteiger partial charge in [-0.05, 0) is 45.2 Å². The maximum absolute atomic E-state index is 12.6. The van der Waals surface area contributed by atoms with Gasteiger partial charge in [-0.1, -0.05) is 6.07 Å². The Hall–Kier alpha value is -2.21. The zero-order valence-corrected chi connectivity index (χ0v) is 15.1. The molecule has 1 aliphatic heterocycles. The molecule has 134 valence electrons. The summed E-state index contributed by atoms with van der Waals surface area (Å²) in [5.74, 6) is -0.0965. The van der Waals surface area contributed by atoms with Crippen molar-refractivity contribution < 1.29 is 9.53 Å². The lowest BCUT2D eigenvalue weighted by atomic mass is 9.96. The van der Waals surface area contributed by atoms with Gasteiger partial charge in [-0.3, -0.25) is 14.5 Å². The van der Waals surface area contributed by atoms with Gasteiger partial charge < -0.3 is 10.1 Å². The highest BCUT2D eigenvalue weighted by molar-refractivity contribution is 5.79. The van der Waals surface area contributed by atoms with Crippen molar-refractivity contribution in [2.75, 3.05) is 13.2 Å². The minimum Gasteiger partial charge on any atom is -0.373 e. The molecule has 1 N–H and O–H groups in total. The van der Waals surface area contributed by atoms with Crippen LogP contribution in [0.2, 0.25) is 0 Å². The van der Waals surface area contributed by atoms with E-state index >= 15 is 0 Å². The van der Waals surface area contributed by atoms with Crippen molar-refractivity contribution >= 4 is 5.91 Å². The van der Waals surface area contributed by atoms with Crippen LogP contribution in [0.25, 0.3) is 0 Å². The molecule has 1 amide bonds. The zero-order chi connectivity index (χ0) is 17.8. The Labute approximate surface area is 148 Å². The molecule has 0 bridgehead atoms. The highest BCUT2D eigenvalue weighted by Gasteiger charge is 2.35. The van der Waals surface area contributed by atoms with Crippen LogP contribution in [0.15, 0.2) is 30.7 Å². The summed E-state index contributed by atoms with van der Waals surface area (Å²) in [4.78, 5) is 16.9. The Morgan fingerprint density at radius 1 is 1.40 bits per heavy atom. The normalized spacial score (nSPS) is 20.2. The molecule has 3 heterocycles. The molecule has 6 nitrogen and oxygen atoms in total. The number of carbonyl (C=O) groups excluding carboxylic acids is 1. The molecule has 2 atom stereocenters. The molecule has 0 spiro atoms. The summed E-state index contributed by atoms with van der Waals surface area (Å²) in [5, 5.41) is 7.40. The molecule has 6 heteroatoms. The van der Waals surface area contributed by atoms with E-state index in [1.807, 2.05) is 36.3 Å². The lowest BCUT2D eigenvalue weighted by Gasteiger charge is -2.17. The van der Waals surface area contributed by atoms with Gasteiger partial charge in [0.1, 0.15) is 0 Å². The summed E-state index contributed by atoms with van der Waals surface area (Å²) in [6.45, 7) is 7.34. The van der Waals surface area contributed by atoms with Gasteiger partial charge in [0.25, 0.3) is 0 Å². The van der Waals surface area contributed by atoms with Crippen molar-refractivity contribution in [2.24, 2.45) is 5.92 Å². The second kappa shape index (κ2) is 7.78. The molecule has 1 aliphatic rings. The Balaban J connectivity index is 1.55. The predicted molar refractivity (Wildman–Crippen MR) is 95.1 cm³/mol. The molecular formula is C19H26N4O2. The van der Waals surface area contributed by atoms with Crippen LogP contribution >= 0.6 is 0 Å². The fraction of sp³-hybridized carbons (Fsp3) is 0.526. The number of aryl methyl sites for hydroxylation is 1. The van der Waals surface area contributed by atoms with E-state index < -0.39 is 0 Å². The molecule has 0 radical (unpaired) electrons. The Bertz CT molecular complexity index is 708. The molecular weight excluding hydrogens is 316 g/mol. The summed E-state index contributed by atoms with van der Waals surface area (Å²) >= 11 is 0. The highest BCUT2D eigenvalue weighted by atomic mass is 16.5. The van der Waals surface area contributed by atoms with Crippen molar-refractivity contribution in [1.29, 1.82) is 0 Å². The maximum atomic E-state index is 12.6. The van der Waals surface area contributed by atoms with Crippen LogP contribution in [0.5, 0.6) is 0 Å². The van der Waals surface area contributed by atoms with Crippen molar-refractivity contribution in [3.63, 3.8) is 0 Å². The molecule has 0 aliphatic carbocycles. The molecule has 25 heavy (non-hydrogen) atoms. The van der Waals surface area contributed by atoms with Crippen LogP contribution in [0.4, 0.5) is 0 Å². The monoisotopic (exact) mass is 342 g/mol. The van der Waals surface area contributed by atoms with Gasteiger partial charge in [0.2, 0.25) is 5.91 Å². The molecule has 1 fully saturated rings. The molecule has 0 saturated carbocycles. The largest absolute Gasteiger partial charge is 0.373 e. The van der Waals surface area contributed by atoms with Gasteiger partial charge in [0, 0.05) is 42.8 Å². The number of nitrogens with one attached hydrogen (secondary N) is 1. The molecule has 3 rings (SSSR count). The fourth-order valence-electron chi connectivity index (χ4n) is 3.08. The third kappa shape index (κ3) is 4.25. The average molecular weight is 342 g/mol. The smallest absolute Gasteiger partial charge is 0.226 e. The number of nitrogens with zero attached hydrogens (tertiary/aromatic N) is 3. The van der Waals surface area contributed by atoms with E-state index in [4.69, 9.17) is 4.74 Å². The van der Waals surface area contributed by atoms with Crippen molar-refractivity contribution in [3.8, 4) is 0 Å². The van der Waals surface area contributed by atoms with Crippen LogP contribution in [0, 0.1) is 12.8 Å². The van der Waals surface area contributed by atoms with Gasteiger partial charge in [0.05, 0.1) is 18.2 Å². The number of ether oxygens (including phenoxy) is 1. The van der Waals surface area contributed by atoms with Crippen LogP contribution in [0.1, 0.15) is 49.2 Å². The lowest BCUT2D eigenvalue weighted by Crippen LogP contribution is -2.33. The number of rotatable bonds is 6. The number of hydrogen-bond acceptors (Lipinski definition) is 4. The van der Waals surface area contributed by atoms with Gasteiger partial charge in [-0.2, -0.15) is 5.10 Å². The maximum Gasteiger partial charge on any atom is 0.226 e. The van der Waals surface area contributed by atoms with Crippen molar-refractivity contribution in [3.05, 3.63) is 47.5 Å². The van der Waals surface area contributed by atoms with Crippen LogP contribution < -0.4 is 5.32 Å². The van der Waals surface area contributed by atoms with Gasteiger partial charge in [0.15, 0.2) is 0 Å². The number of pyridine rings is 1. The van der Waals surface area contributed by atoms with Gasteiger partial charge in [-0.25, -0.2) is 0 Å². The van der Waals surface area contributed by atoms with E-state index in [1.54, 1.807) is 0 Å². The first-order valence-electron chi connectivity index (χ1n) is 8.89. The first-order chi connectivity index (χ1) is 12.0. The summed E-state index contributed by atoms with van der Waals surface area (Å²) in [6.07, 6.45) is 6.99. The third-order valence-electron chi connectivity index (χ3n) is 4.59. The Kier molecular flexibility index (Phi) is 5.48. The lowest BCUT2D eigenvalue weighted by molar-refractivity contribution is -0.126. The number of carbonyl (C=O) groups is 1. The van der Waals surface area contributed by atoms with E-state index in [9.17, 15) is 4.79 Å². The summed E-state index contributed by atoms with van der Waals surface area (Å²) < 4.78 is 7.72. The third-order valence-corrected chi connectivity index (χ3v) is 4.59. The topological polar surface area (TPSA) is 69.0 Å². The van der Waals surface area contributed by atoms with E-state index in [2.05, 4.69) is 35.3 Å².